The van der Waals surface area contributed by atoms with Crippen molar-refractivity contribution in [1.82, 2.24) is 14.8 Å². The highest BCUT2D eigenvalue weighted by molar-refractivity contribution is 7.85. The van der Waals surface area contributed by atoms with Gasteiger partial charge in [-0.3, -0.25) is 23.5 Å². The van der Waals surface area contributed by atoms with Gasteiger partial charge in [0.1, 0.15) is 17.3 Å². The first-order valence-electron chi connectivity index (χ1n) is 11.7. The summed E-state index contributed by atoms with van der Waals surface area (Å²) in [5.41, 5.74) is 8.03. The molecule has 0 bridgehead atoms. The Labute approximate surface area is 217 Å². The standard InChI is InChI=1S/C27H29N5O4S/c1-17-11-18(12-26(34)31-19-14-30-32(15-19)27(2,3)4)5-8-23(17)36-24-9-10-29-22-7-6-20(13-21(22)24)37(35)16-25(28)33/h5-11,13-15H,12,16H2,1-4H3,(H2,28,33)(H,31,34). The number of nitrogens with two attached hydrogens (primary N) is 1. The third kappa shape index (κ3) is 6.39. The number of aryl methyl sites for hydroxylation is 1. The zero-order chi connectivity index (χ0) is 26.7. The number of nitrogens with zero attached hydrogens (tertiary/aromatic N) is 3. The zero-order valence-corrected chi connectivity index (χ0v) is 22.0. The summed E-state index contributed by atoms with van der Waals surface area (Å²) < 4.78 is 20.4. The summed E-state index contributed by atoms with van der Waals surface area (Å²) >= 11 is 0. The van der Waals surface area contributed by atoms with Crippen LogP contribution in [0, 0.1) is 6.92 Å². The number of aromatic nitrogens is 3. The molecule has 0 aliphatic rings. The average molecular weight is 520 g/mol. The summed E-state index contributed by atoms with van der Waals surface area (Å²) in [6, 6.07) is 12.4. The molecule has 2 aromatic carbocycles. The van der Waals surface area contributed by atoms with Crippen molar-refractivity contribution in [3.8, 4) is 11.5 Å². The summed E-state index contributed by atoms with van der Waals surface area (Å²) in [6.45, 7) is 8.02. The maximum Gasteiger partial charge on any atom is 0.230 e. The number of hydrogen-bond donors (Lipinski definition) is 2. The normalized spacial score (nSPS) is 12.3. The molecule has 0 radical (unpaired) electrons. The maximum absolute atomic E-state index is 12.6. The van der Waals surface area contributed by atoms with Crippen LogP contribution in [0.1, 0.15) is 31.9 Å². The van der Waals surface area contributed by atoms with Crippen LogP contribution < -0.4 is 15.8 Å². The minimum Gasteiger partial charge on any atom is -0.456 e. The van der Waals surface area contributed by atoms with Crippen LogP contribution in [0.2, 0.25) is 0 Å². The van der Waals surface area contributed by atoms with Crippen LogP contribution in [0.25, 0.3) is 10.9 Å². The number of pyridine rings is 1. The molecule has 0 spiro atoms. The molecule has 3 N–H and O–H groups in total. The van der Waals surface area contributed by atoms with E-state index in [4.69, 9.17) is 10.5 Å². The fraction of sp³-hybridized carbons (Fsp3) is 0.259. The number of rotatable bonds is 8. The predicted octanol–water partition coefficient (Wildman–Crippen LogP) is 4.06. The summed E-state index contributed by atoms with van der Waals surface area (Å²) in [4.78, 5) is 28.6. The Kier molecular flexibility index (Phi) is 7.40. The van der Waals surface area contributed by atoms with Crippen LogP contribution >= 0.6 is 0 Å². The molecule has 2 aromatic heterocycles. The largest absolute Gasteiger partial charge is 0.456 e. The summed E-state index contributed by atoms with van der Waals surface area (Å²) in [5, 5.41) is 7.86. The molecule has 0 aliphatic carbocycles. The number of carbonyl (C=O) groups excluding carboxylic acids is 2. The summed E-state index contributed by atoms with van der Waals surface area (Å²) in [7, 11) is -1.56. The number of primary amides is 1. The second-order valence-electron chi connectivity index (χ2n) is 9.72. The topological polar surface area (TPSA) is 129 Å². The molecular weight excluding hydrogens is 490 g/mol. The van der Waals surface area contributed by atoms with E-state index in [9.17, 15) is 13.8 Å². The highest BCUT2D eigenvalue weighted by Gasteiger charge is 2.16. The van der Waals surface area contributed by atoms with Crippen LogP contribution in [0.15, 0.2) is 66.0 Å². The third-order valence-corrected chi connectivity index (χ3v) is 6.91. The highest BCUT2D eigenvalue weighted by Crippen LogP contribution is 2.32. The van der Waals surface area contributed by atoms with Gasteiger partial charge in [-0.05, 0) is 69.2 Å². The molecule has 37 heavy (non-hydrogen) atoms. The lowest BCUT2D eigenvalue weighted by atomic mass is 10.1. The Balaban J connectivity index is 1.49. The van der Waals surface area contributed by atoms with Gasteiger partial charge in [-0.25, -0.2) is 0 Å². The van der Waals surface area contributed by atoms with E-state index >= 15 is 0 Å². The van der Waals surface area contributed by atoms with Crippen molar-refractivity contribution in [2.24, 2.45) is 5.73 Å². The monoisotopic (exact) mass is 519 g/mol. The van der Waals surface area contributed by atoms with Gasteiger partial charge in [-0.1, -0.05) is 12.1 Å². The lowest BCUT2D eigenvalue weighted by molar-refractivity contribution is -0.116. The van der Waals surface area contributed by atoms with Crippen molar-refractivity contribution in [3.05, 3.63) is 72.2 Å². The number of ether oxygens (including phenoxy) is 1. The number of fused-ring (bicyclic) bond motifs is 1. The van der Waals surface area contributed by atoms with Gasteiger partial charge in [0.05, 0.1) is 40.2 Å². The number of nitrogens with one attached hydrogen (secondary N) is 1. The van der Waals surface area contributed by atoms with Crippen molar-refractivity contribution in [1.29, 1.82) is 0 Å². The van der Waals surface area contributed by atoms with Gasteiger partial charge in [0, 0.05) is 22.7 Å². The first-order chi connectivity index (χ1) is 17.5. The summed E-state index contributed by atoms with van der Waals surface area (Å²) in [6.07, 6.45) is 5.29. The first-order valence-corrected chi connectivity index (χ1v) is 13.0. The van der Waals surface area contributed by atoms with Crippen molar-refractivity contribution in [2.75, 3.05) is 11.1 Å². The van der Waals surface area contributed by atoms with E-state index in [1.165, 1.54) is 0 Å². The first kappa shape index (κ1) is 26.0. The Morgan fingerprint density at radius 2 is 1.89 bits per heavy atom. The molecule has 192 valence electrons. The lowest BCUT2D eigenvalue weighted by Crippen LogP contribution is -2.22. The molecule has 1 atom stereocenters. The number of hydrogen-bond acceptors (Lipinski definition) is 6. The molecule has 9 nitrogen and oxygen atoms in total. The van der Waals surface area contributed by atoms with Crippen molar-refractivity contribution < 1.29 is 18.5 Å². The lowest BCUT2D eigenvalue weighted by Gasteiger charge is -2.18. The molecule has 0 aliphatic heterocycles. The van der Waals surface area contributed by atoms with Crippen molar-refractivity contribution in [3.63, 3.8) is 0 Å². The van der Waals surface area contributed by atoms with Gasteiger partial charge < -0.3 is 15.8 Å². The maximum atomic E-state index is 12.6. The highest BCUT2D eigenvalue weighted by atomic mass is 32.2. The quantitative estimate of drug-likeness (QED) is 0.361. The van der Waals surface area contributed by atoms with Crippen LogP contribution in [-0.2, 0) is 32.3 Å². The van der Waals surface area contributed by atoms with Crippen LogP contribution in [0.5, 0.6) is 11.5 Å². The Hall–Kier alpha value is -4.05. The van der Waals surface area contributed by atoms with Crippen molar-refractivity contribution in [2.45, 2.75) is 44.6 Å². The predicted molar refractivity (Wildman–Crippen MR) is 143 cm³/mol. The number of benzene rings is 2. The van der Waals surface area contributed by atoms with Crippen LogP contribution in [0.3, 0.4) is 0 Å². The molecule has 10 heteroatoms. The second-order valence-corrected chi connectivity index (χ2v) is 11.2. The molecule has 0 fully saturated rings. The van der Waals surface area contributed by atoms with Crippen LogP contribution in [0.4, 0.5) is 5.69 Å². The molecule has 2 amide bonds. The average Bonchev–Trinajstić information content (AvgIpc) is 3.29. The minimum atomic E-state index is -1.56. The van der Waals surface area contributed by atoms with Crippen LogP contribution in [-0.4, -0.2) is 36.5 Å². The number of carbonyl (C=O) groups is 2. The molecular formula is C27H29N5O4S. The molecule has 1 unspecified atom stereocenters. The third-order valence-electron chi connectivity index (χ3n) is 5.59. The van der Waals surface area contributed by atoms with Gasteiger partial charge >= 0.3 is 0 Å². The van der Waals surface area contributed by atoms with Gasteiger partial charge in [-0.2, -0.15) is 5.10 Å². The minimum absolute atomic E-state index is 0.141. The van der Waals surface area contributed by atoms with Gasteiger partial charge in [-0.15, -0.1) is 0 Å². The molecule has 0 saturated heterocycles. The van der Waals surface area contributed by atoms with Gasteiger partial charge in [0.2, 0.25) is 11.8 Å². The fourth-order valence-electron chi connectivity index (χ4n) is 3.74. The van der Waals surface area contributed by atoms with E-state index < -0.39 is 16.7 Å². The number of amides is 2. The van der Waals surface area contributed by atoms with E-state index in [0.717, 1.165) is 11.1 Å². The molecule has 4 aromatic rings. The van der Waals surface area contributed by atoms with Gasteiger partial charge in [0.25, 0.3) is 0 Å². The van der Waals surface area contributed by atoms with Crippen molar-refractivity contribution >= 4 is 39.2 Å². The van der Waals surface area contributed by atoms with E-state index in [1.54, 1.807) is 41.3 Å². The van der Waals surface area contributed by atoms with E-state index in [0.29, 0.717) is 33.0 Å². The van der Waals surface area contributed by atoms with E-state index in [2.05, 4.69) is 15.4 Å². The smallest absolute Gasteiger partial charge is 0.230 e. The Morgan fingerprint density at radius 1 is 1.11 bits per heavy atom. The Bertz CT molecular complexity index is 1510. The SMILES string of the molecule is Cc1cc(CC(=O)Nc2cnn(C(C)(C)C)c2)ccc1Oc1ccnc2ccc(S(=O)CC(N)=O)cc12. The Morgan fingerprint density at radius 3 is 2.57 bits per heavy atom. The van der Waals surface area contributed by atoms with E-state index in [1.807, 2.05) is 52.1 Å². The zero-order valence-electron chi connectivity index (χ0n) is 21.1. The number of anilines is 1. The molecule has 2 heterocycles. The van der Waals surface area contributed by atoms with Gasteiger partial charge in [0.15, 0.2) is 0 Å². The molecule has 4 rings (SSSR count). The molecule has 0 saturated carbocycles. The summed E-state index contributed by atoms with van der Waals surface area (Å²) in [5.74, 6) is 0.123. The van der Waals surface area contributed by atoms with E-state index in [-0.39, 0.29) is 23.6 Å². The second kappa shape index (κ2) is 10.5. The fourth-order valence-corrected chi connectivity index (χ4v) is 4.64.